The molecule has 6 atom stereocenters. The molecule has 36 heavy (non-hydrogen) atoms. The van der Waals surface area contributed by atoms with Crippen LogP contribution in [0.4, 0.5) is 0 Å². The zero-order valence-corrected chi connectivity index (χ0v) is 24.5. The highest BCUT2D eigenvalue weighted by atomic mass is 16.7. The Kier molecular flexibility index (Phi) is 14.3. The molecule has 0 aromatic carbocycles. The fraction of sp³-hybridized carbons (Fsp3) is 0.962. The molecule has 2 bridgehead atoms. The van der Waals surface area contributed by atoms with Gasteiger partial charge >= 0.3 is 21.4 Å². The Labute approximate surface area is 225 Å². The summed E-state index contributed by atoms with van der Waals surface area (Å²) in [4.78, 5) is 9.11. The van der Waals surface area contributed by atoms with Gasteiger partial charge in [0.1, 0.15) is 7.63 Å². The van der Waals surface area contributed by atoms with Gasteiger partial charge in [-0.15, -0.1) is 0 Å². The van der Waals surface area contributed by atoms with Gasteiger partial charge in [0.15, 0.2) is 0 Å². The summed E-state index contributed by atoms with van der Waals surface area (Å²) in [6.45, 7) is 22.8. The van der Waals surface area contributed by atoms with Crippen LogP contribution in [0.5, 0.6) is 0 Å². The van der Waals surface area contributed by atoms with E-state index >= 15 is 0 Å². The van der Waals surface area contributed by atoms with E-state index in [1.807, 2.05) is 20.5 Å². The van der Waals surface area contributed by atoms with Crippen molar-refractivity contribution in [2.75, 3.05) is 14.2 Å². The monoisotopic (exact) mass is 514 g/mol. The first-order valence-corrected chi connectivity index (χ1v) is 13.2. The first-order chi connectivity index (χ1) is 16.5. The van der Waals surface area contributed by atoms with Gasteiger partial charge in [-0.1, -0.05) is 49.0 Å². The summed E-state index contributed by atoms with van der Waals surface area (Å²) >= 11 is 0. The van der Waals surface area contributed by atoms with Crippen molar-refractivity contribution in [3.63, 3.8) is 0 Å². The van der Waals surface area contributed by atoms with Gasteiger partial charge in [0.2, 0.25) is 0 Å². The van der Waals surface area contributed by atoms with E-state index in [4.69, 9.17) is 24.8 Å². The second-order valence-corrected chi connectivity index (χ2v) is 11.5. The van der Waals surface area contributed by atoms with E-state index in [2.05, 4.69) is 57.8 Å². The van der Waals surface area contributed by atoms with Gasteiger partial charge < -0.3 is 32.7 Å². The van der Waals surface area contributed by atoms with E-state index in [0.717, 1.165) is 5.92 Å². The lowest BCUT2D eigenvalue weighted by molar-refractivity contribution is -0.199. The van der Waals surface area contributed by atoms with Gasteiger partial charge in [-0.2, -0.15) is 0 Å². The van der Waals surface area contributed by atoms with Crippen LogP contribution < -0.4 is 0 Å². The first-order valence-electron chi connectivity index (χ1n) is 13.7. The largest absolute Gasteiger partial charge is 0.454 e. The highest BCUT2D eigenvalue weighted by molar-refractivity contribution is 6.43. The Hall–Kier alpha value is -0.375. The molecule has 210 valence electrons. The summed E-state index contributed by atoms with van der Waals surface area (Å²) < 4.78 is 38.5. The maximum atomic E-state index is 9.11. The predicted molar refractivity (Wildman–Crippen MR) is 151 cm³/mol. The van der Waals surface area contributed by atoms with Crippen LogP contribution in [0.3, 0.4) is 0 Å². The van der Waals surface area contributed by atoms with E-state index in [9.17, 15) is 0 Å². The lowest BCUT2D eigenvalue weighted by Crippen LogP contribution is -2.65. The van der Waals surface area contributed by atoms with Crippen molar-refractivity contribution in [1.29, 1.82) is 0 Å². The molecule has 10 heteroatoms. The predicted octanol–water partition coefficient (Wildman–Crippen LogP) is 5.78. The third-order valence-corrected chi connectivity index (χ3v) is 8.08. The topological polar surface area (TPSA) is 72.5 Å². The molecule has 0 aromatic heterocycles. The summed E-state index contributed by atoms with van der Waals surface area (Å²) in [7, 11) is 3.12. The van der Waals surface area contributed by atoms with Crippen LogP contribution in [0.2, 0.25) is 20.5 Å². The molecule has 0 amide bonds. The van der Waals surface area contributed by atoms with Crippen LogP contribution >= 0.6 is 0 Å². The Bertz CT molecular complexity index is 661. The Morgan fingerprint density at radius 1 is 0.972 bits per heavy atom. The van der Waals surface area contributed by atoms with E-state index in [1.165, 1.54) is 19.8 Å². The average molecular weight is 514 g/mol. The van der Waals surface area contributed by atoms with Crippen molar-refractivity contribution in [2.24, 2.45) is 29.1 Å². The van der Waals surface area contributed by atoms with Crippen LogP contribution in [-0.4, -0.2) is 65.7 Å². The molecular weight excluding hydrogens is 457 g/mol. The third kappa shape index (κ3) is 8.57. The third-order valence-electron chi connectivity index (χ3n) is 8.08. The lowest BCUT2D eigenvalue weighted by Gasteiger charge is -2.64. The number of carbonyl (C=O) groups excluding carboxylic acids is 1. The molecule has 0 spiro atoms. The molecule has 0 radical (unpaired) electrons. The van der Waals surface area contributed by atoms with Crippen LogP contribution in [0, 0.1) is 29.1 Å². The summed E-state index contributed by atoms with van der Waals surface area (Å²) in [5.74, 6) is 2.65. The number of hydrogen-bond donors (Lipinski definition) is 0. The van der Waals surface area contributed by atoms with Crippen LogP contribution in [0.15, 0.2) is 0 Å². The van der Waals surface area contributed by atoms with Crippen LogP contribution in [0.1, 0.15) is 77.0 Å². The second kappa shape index (κ2) is 15.3. The minimum Gasteiger partial charge on any atom is -0.414 e. The summed E-state index contributed by atoms with van der Waals surface area (Å²) in [5, 5.41) is 0. The van der Waals surface area contributed by atoms with Crippen LogP contribution in [-0.2, 0) is 32.7 Å². The SMILES string of the molecule is C.CB1OC(C(C)C)C(C(C)C)O1.CB1OC2CC3CC(C3(C)C)C2(C)O1.COB(C)OC.[3H]C(C)=O. The van der Waals surface area contributed by atoms with Crippen molar-refractivity contribution < 1.29 is 34.1 Å². The molecule has 5 aliphatic rings. The minimum absolute atomic E-state index is 0. The zero-order valence-electron chi connectivity index (χ0n) is 25.5. The van der Waals surface area contributed by atoms with Crippen molar-refractivity contribution in [3.8, 4) is 0 Å². The highest BCUT2D eigenvalue weighted by Crippen LogP contribution is 2.65. The van der Waals surface area contributed by atoms with Gasteiger partial charge in [0.25, 0.3) is 0 Å². The maximum absolute atomic E-state index is 9.11. The fourth-order valence-electron chi connectivity index (χ4n) is 5.87. The van der Waals surface area contributed by atoms with Crippen LogP contribution in [0.25, 0.3) is 0 Å². The first kappa shape index (κ1) is 33.7. The zero-order chi connectivity index (χ0) is 28.0. The van der Waals surface area contributed by atoms with Gasteiger partial charge in [-0.3, -0.25) is 0 Å². The standard InChI is InChI=1S/C11H19BO2.C9H19BO2.C3H9BO2.C2H4O.CH4/c1-10(2)7-5-8(10)11(3)9(6-7)13-12(4)14-11;1-6(2)8-9(7(3)4)12-10(5)11-8;1-4(5-2)6-3;1-2-3;/h7-9H,5-6H2,1-4H3;6-9H,1-5H3;1-3H3;2H,1H3;1H4/i;;;2T;. The van der Waals surface area contributed by atoms with Crippen molar-refractivity contribution >= 4 is 27.6 Å². The molecule has 5 fully saturated rings. The summed E-state index contributed by atoms with van der Waals surface area (Å²) in [5.41, 5.74) is 0.469. The van der Waals surface area contributed by atoms with E-state index < -0.39 is 6.26 Å². The van der Waals surface area contributed by atoms with Gasteiger partial charge in [0.05, 0.1) is 23.9 Å². The van der Waals surface area contributed by atoms with Crippen molar-refractivity contribution in [2.45, 2.75) is 120 Å². The van der Waals surface area contributed by atoms with Gasteiger partial charge in [0, 0.05) is 14.2 Å². The molecule has 0 N–H and O–H groups in total. The lowest BCUT2D eigenvalue weighted by atomic mass is 9.43. The molecule has 2 saturated heterocycles. The minimum atomic E-state index is -0.583. The molecule has 3 saturated carbocycles. The molecule has 2 heterocycles. The number of hydrogen-bond acceptors (Lipinski definition) is 7. The van der Waals surface area contributed by atoms with E-state index in [0.29, 0.717) is 29.3 Å². The highest BCUT2D eigenvalue weighted by Gasteiger charge is 2.67. The summed E-state index contributed by atoms with van der Waals surface area (Å²) in [6.07, 6.45) is 2.87. The smallest absolute Gasteiger partial charge is 0.414 e. The number of carbonyl (C=O) groups is 1. The van der Waals surface area contributed by atoms with Crippen molar-refractivity contribution in [1.82, 2.24) is 0 Å². The fourth-order valence-corrected chi connectivity index (χ4v) is 5.87. The Balaban J connectivity index is 0.000000514. The molecule has 7 nitrogen and oxygen atoms in total. The Morgan fingerprint density at radius 2 is 1.42 bits per heavy atom. The molecule has 6 unspecified atom stereocenters. The molecule has 5 rings (SSSR count). The molecule has 3 aliphatic carbocycles. The van der Waals surface area contributed by atoms with Gasteiger partial charge in [-0.25, -0.2) is 0 Å². The molecular formula is C26H55B3O7. The number of rotatable bonds is 4. The second-order valence-electron chi connectivity index (χ2n) is 11.5. The maximum Gasteiger partial charge on any atom is 0.454 e. The van der Waals surface area contributed by atoms with E-state index in [1.54, 1.807) is 14.2 Å². The normalized spacial score (nSPS) is 33.4. The van der Waals surface area contributed by atoms with Crippen molar-refractivity contribution in [3.05, 3.63) is 0 Å². The van der Waals surface area contributed by atoms with E-state index in [-0.39, 0.29) is 46.6 Å². The Morgan fingerprint density at radius 3 is 1.75 bits per heavy atom. The summed E-state index contributed by atoms with van der Waals surface area (Å²) in [6, 6.07) is 0. The quantitative estimate of drug-likeness (QED) is 0.348. The molecule has 0 aromatic rings. The average Bonchev–Trinajstić information content (AvgIpc) is 3.31. The number of aldehydes is 1. The molecule has 2 aliphatic heterocycles. The van der Waals surface area contributed by atoms with Gasteiger partial charge in [-0.05, 0) is 76.2 Å².